The fourth-order valence-corrected chi connectivity index (χ4v) is 12.4. The first-order valence-electron chi connectivity index (χ1n) is 25.5. The van der Waals surface area contributed by atoms with Gasteiger partial charge < -0.3 is 0 Å². The number of fused-ring (bicyclic) bond motifs is 12. The molecule has 0 atom stereocenters. The monoisotopic (exact) mass is 1000 g/mol. The molecule has 6 heterocycles. The van der Waals surface area contributed by atoms with Crippen molar-refractivity contribution in [3.63, 3.8) is 0 Å². The third-order valence-electron chi connectivity index (χ3n) is 14.9. The van der Waals surface area contributed by atoms with Crippen molar-refractivity contribution in [1.82, 2.24) is 44.0 Å². The molecule has 0 radical (unpaired) electrons. The van der Waals surface area contributed by atoms with Crippen LogP contribution in [0, 0.1) is 0 Å². The highest BCUT2D eigenvalue weighted by atomic mass is 32.1. The third-order valence-corrected chi connectivity index (χ3v) is 16.0. The van der Waals surface area contributed by atoms with Gasteiger partial charge in [-0.15, -0.1) is 11.3 Å². The molecule has 0 N–H and O–H groups in total. The molecule has 16 rings (SSSR count). The Balaban J connectivity index is 0.915. The molecule has 0 aliphatic rings. The molecule has 0 saturated heterocycles. The first kappa shape index (κ1) is 43.1. The van der Waals surface area contributed by atoms with E-state index in [0.717, 1.165) is 99.1 Å². The van der Waals surface area contributed by atoms with E-state index in [1.54, 1.807) is 0 Å². The van der Waals surface area contributed by atoms with Crippen molar-refractivity contribution >= 4 is 96.8 Å². The second-order valence-corrected chi connectivity index (χ2v) is 20.4. The number of rotatable bonds is 7. The zero-order valence-corrected chi connectivity index (χ0v) is 41.8. The Kier molecular flexibility index (Phi) is 9.60. The summed E-state index contributed by atoms with van der Waals surface area (Å²) in [6.07, 6.45) is 1.90. The lowest BCUT2D eigenvalue weighted by Crippen LogP contribution is -2.04. The molecule has 0 aliphatic carbocycles. The van der Waals surface area contributed by atoms with E-state index in [0.29, 0.717) is 29.4 Å². The van der Waals surface area contributed by atoms with Gasteiger partial charge in [0.05, 0.1) is 39.0 Å². The number of nitrogens with zero attached hydrogens (tertiary/aromatic N) is 9. The zero-order chi connectivity index (χ0) is 50.6. The molecule has 0 spiro atoms. The summed E-state index contributed by atoms with van der Waals surface area (Å²) in [5.74, 6) is 2.85. The van der Waals surface area contributed by atoms with Gasteiger partial charge in [-0.3, -0.25) is 9.13 Å². The standard InChI is InChI=1S/C67H39N9S/c1-3-17-41(18-4-1)63-72-64(42-19-5-2-6-20-42)74-65(73-63)49-25-15-26-53-52(49)39-68-66(69-53)75-57-28-13-10-24-50(57)61-58(75)34-33-48-46-22-9-12-27-56(46)76(62(48)61)67-70-54(44-31-30-40-16-7-8-21-43(40)36-44)38-55(71-67)45-32-35-60-51(37-45)47-23-11-14-29-59(47)77-60/h1-39H. The lowest BCUT2D eigenvalue weighted by molar-refractivity contribution is 0.997. The first-order chi connectivity index (χ1) is 38.1. The quantitative estimate of drug-likeness (QED) is 0.157. The summed E-state index contributed by atoms with van der Waals surface area (Å²) in [6, 6.07) is 80.3. The summed E-state index contributed by atoms with van der Waals surface area (Å²) in [7, 11) is 0. The van der Waals surface area contributed by atoms with Crippen LogP contribution in [0.3, 0.4) is 0 Å². The Bertz CT molecular complexity index is 5000. The van der Waals surface area contributed by atoms with Crippen molar-refractivity contribution in [2.75, 3.05) is 0 Å². The van der Waals surface area contributed by atoms with Gasteiger partial charge in [-0.2, -0.15) is 0 Å². The van der Waals surface area contributed by atoms with Crippen LogP contribution in [0.5, 0.6) is 0 Å². The van der Waals surface area contributed by atoms with E-state index in [2.05, 4.69) is 161 Å². The molecular weight excluding hydrogens is 963 g/mol. The highest BCUT2D eigenvalue weighted by molar-refractivity contribution is 7.25. The Hall–Kier alpha value is -10.3. The summed E-state index contributed by atoms with van der Waals surface area (Å²) in [5, 5.41) is 9.92. The van der Waals surface area contributed by atoms with Gasteiger partial charge >= 0.3 is 0 Å². The summed E-state index contributed by atoms with van der Waals surface area (Å²) < 4.78 is 6.96. The van der Waals surface area contributed by atoms with E-state index in [1.807, 2.05) is 96.4 Å². The molecule has 10 heteroatoms. The fraction of sp³-hybridized carbons (Fsp3) is 0. The Morgan fingerprint density at radius 3 is 1.73 bits per heavy atom. The van der Waals surface area contributed by atoms with Crippen molar-refractivity contribution in [1.29, 1.82) is 0 Å². The number of aromatic nitrogens is 9. The number of hydrogen-bond acceptors (Lipinski definition) is 8. The van der Waals surface area contributed by atoms with E-state index < -0.39 is 0 Å². The lowest BCUT2D eigenvalue weighted by atomic mass is 10.0. The number of para-hydroxylation sites is 2. The minimum atomic E-state index is 0.543. The zero-order valence-electron chi connectivity index (χ0n) is 40.9. The van der Waals surface area contributed by atoms with Crippen LogP contribution < -0.4 is 0 Å². The molecular formula is C67H39N9S. The number of benzene rings is 10. The third kappa shape index (κ3) is 6.96. The summed E-state index contributed by atoms with van der Waals surface area (Å²) >= 11 is 1.82. The van der Waals surface area contributed by atoms with Crippen molar-refractivity contribution in [2.24, 2.45) is 0 Å². The largest absolute Gasteiger partial charge is 0.278 e. The van der Waals surface area contributed by atoms with Crippen molar-refractivity contribution < 1.29 is 0 Å². The molecule has 9 nitrogen and oxygen atoms in total. The van der Waals surface area contributed by atoms with Crippen LogP contribution in [0.2, 0.25) is 0 Å². The molecule has 0 aliphatic heterocycles. The number of hydrogen-bond donors (Lipinski definition) is 0. The van der Waals surface area contributed by atoms with Gasteiger partial charge in [0.15, 0.2) is 17.5 Å². The molecule has 0 bridgehead atoms. The SMILES string of the molecule is c1ccc(-c2nc(-c3ccccc3)nc(-c3cccc4nc(-n5c6ccccc6c6c5ccc5c7ccccc7n(-c7nc(-c8ccc9ccccc9c8)cc(-c8ccc9sc%10ccccc%10c9c8)n7)c56)ncc34)n2)cc1. The van der Waals surface area contributed by atoms with Gasteiger partial charge in [0.1, 0.15) is 0 Å². The highest BCUT2D eigenvalue weighted by Gasteiger charge is 2.25. The summed E-state index contributed by atoms with van der Waals surface area (Å²) in [5.41, 5.74) is 11.0. The van der Waals surface area contributed by atoms with Crippen LogP contribution in [0.15, 0.2) is 237 Å². The van der Waals surface area contributed by atoms with Gasteiger partial charge in [0.25, 0.3) is 0 Å². The maximum Gasteiger partial charge on any atom is 0.235 e. The van der Waals surface area contributed by atoms with E-state index in [-0.39, 0.29) is 0 Å². The van der Waals surface area contributed by atoms with E-state index in [1.165, 1.54) is 25.6 Å². The predicted octanol–water partition coefficient (Wildman–Crippen LogP) is 16.7. The van der Waals surface area contributed by atoms with E-state index in [4.69, 9.17) is 34.9 Å². The minimum Gasteiger partial charge on any atom is -0.278 e. The maximum absolute atomic E-state index is 5.58. The van der Waals surface area contributed by atoms with Gasteiger partial charge in [0, 0.05) is 81.1 Å². The molecule has 10 aromatic carbocycles. The van der Waals surface area contributed by atoms with Crippen molar-refractivity contribution in [3.8, 4) is 68.6 Å². The molecule has 0 amide bonds. The van der Waals surface area contributed by atoms with Crippen LogP contribution in [0.4, 0.5) is 0 Å². The van der Waals surface area contributed by atoms with Crippen molar-refractivity contribution in [3.05, 3.63) is 237 Å². The van der Waals surface area contributed by atoms with Gasteiger partial charge in [-0.05, 0) is 65.4 Å². The molecule has 358 valence electrons. The van der Waals surface area contributed by atoms with Crippen molar-refractivity contribution in [2.45, 2.75) is 0 Å². The molecule has 0 saturated carbocycles. The Labute approximate surface area is 443 Å². The predicted molar refractivity (Wildman–Crippen MR) is 315 cm³/mol. The highest BCUT2D eigenvalue weighted by Crippen LogP contribution is 2.43. The minimum absolute atomic E-state index is 0.543. The van der Waals surface area contributed by atoms with Crippen LogP contribution in [0.25, 0.3) is 154 Å². The average molecular weight is 1000 g/mol. The van der Waals surface area contributed by atoms with Gasteiger partial charge in [0.2, 0.25) is 11.9 Å². The average Bonchev–Trinajstić information content (AvgIpc) is 4.38. The molecule has 0 unspecified atom stereocenters. The topological polar surface area (TPSA) is 100 Å². The van der Waals surface area contributed by atoms with Crippen LogP contribution >= 0.6 is 11.3 Å². The molecule has 6 aromatic heterocycles. The lowest BCUT2D eigenvalue weighted by Gasteiger charge is -2.13. The van der Waals surface area contributed by atoms with E-state index >= 15 is 0 Å². The summed E-state index contributed by atoms with van der Waals surface area (Å²) in [4.78, 5) is 36.8. The normalized spacial score (nSPS) is 11.9. The van der Waals surface area contributed by atoms with E-state index in [9.17, 15) is 0 Å². The maximum atomic E-state index is 5.58. The van der Waals surface area contributed by atoms with Crippen LogP contribution in [0.1, 0.15) is 0 Å². The molecule has 16 aromatic rings. The smallest absolute Gasteiger partial charge is 0.235 e. The first-order valence-corrected chi connectivity index (χ1v) is 26.4. The van der Waals surface area contributed by atoms with Gasteiger partial charge in [-0.1, -0.05) is 176 Å². The Morgan fingerprint density at radius 1 is 0.325 bits per heavy atom. The summed E-state index contributed by atoms with van der Waals surface area (Å²) in [6.45, 7) is 0. The molecule has 77 heavy (non-hydrogen) atoms. The fourth-order valence-electron chi connectivity index (χ4n) is 11.3. The van der Waals surface area contributed by atoms with Crippen LogP contribution in [-0.2, 0) is 0 Å². The number of thiophene rings is 1. The second-order valence-electron chi connectivity index (χ2n) is 19.3. The molecule has 0 fully saturated rings. The Morgan fingerprint density at radius 2 is 0.948 bits per heavy atom. The second kappa shape index (κ2) is 17.1. The van der Waals surface area contributed by atoms with Crippen LogP contribution in [-0.4, -0.2) is 44.0 Å². The van der Waals surface area contributed by atoms with Gasteiger partial charge in [-0.25, -0.2) is 34.9 Å².